The topological polar surface area (TPSA) is 61.8 Å². The van der Waals surface area contributed by atoms with Crippen molar-refractivity contribution in [3.63, 3.8) is 0 Å². The Bertz CT molecular complexity index is 747. The minimum Gasteiger partial charge on any atom is -0.225 e. The van der Waals surface area contributed by atoms with E-state index in [-0.39, 0.29) is 0 Å². The zero-order chi connectivity index (χ0) is 12.7. The molecule has 0 aromatic heterocycles. The highest BCUT2D eigenvalue weighted by atomic mass is 15.2. The van der Waals surface area contributed by atoms with Crippen molar-refractivity contribution in [2.24, 2.45) is 25.4 Å². The second-order valence-electron chi connectivity index (χ2n) is 4.34. The standard InChI is InChI=1S/C14H9N5/c1-2-6-10-9(5-1)13-14(15-10)19-17-12-8-4-3-7-11(12)16-18-13/h1-4,6-8H,5H2/b18-16-,19-17-. The number of amidine groups is 1. The quantitative estimate of drug-likeness (QED) is 0.653. The zero-order valence-corrected chi connectivity index (χ0v) is 9.98. The molecular weight excluding hydrogens is 238 g/mol. The predicted molar refractivity (Wildman–Crippen MR) is 71.8 cm³/mol. The van der Waals surface area contributed by atoms with Crippen molar-refractivity contribution in [2.75, 3.05) is 0 Å². The summed E-state index contributed by atoms with van der Waals surface area (Å²) in [4.78, 5) is 4.44. The Morgan fingerprint density at radius 3 is 2.53 bits per heavy atom. The number of azo groups is 2. The molecule has 0 atom stereocenters. The molecule has 1 aliphatic carbocycles. The second kappa shape index (κ2) is 3.91. The first-order chi connectivity index (χ1) is 9.42. The first kappa shape index (κ1) is 10.3. The molecule has 2 heterocycles. The molecule has 5 heteroatoms. The molecule has 90 valence electrons. The monoisotopic (exact) mass is 247 g/mol. The molecule has 0 spiro atoms. The second-order valence-corrected chi connectivity index (χ2v) is 4.34. The van der Waals surface area contributed by atoms with E-state index in [9.17, 15) is 0 Å². The van der Waals surface area contributed by atoms with Gasteiger partial charge in [0.15, 0.2) is 0 Å². The van der Waals surface area contributed by atoms with Gasteiger partial charge in [-0.1, -0.05) is 24.3 Å². The minimum atomic E-state index is 0.545. The lowest BCUT2D eigenvalue weighted by Crippen LogP contribution is -1.95. The van der Waals surface area contributed by atoms with Gasteiger partial charge in [-0.25, -0.2) is 4.99 Å². The Balaban J connectivity index is 1.91. The summed E-state index contributed by atoms with van der Waals surface area (Å²) >= 11 is 0. The van der Waals surface area contributed by atoms with Crippen LogP contribution in [0.2, 0.25) is 0 Å². The van der Waals surface area contributed by atoms with Gasteiger partial charge in [-0.15, -0.1) is 20.5 Å². The zero-order valence-electron chi connectivity index (χ0n) is 9.98. The van der Waals surface area contributed by atoms with Crippen molar-refractivity contribution in [1.29, 1.82) is 0 Å². The third-order valence-corrected chi connectivity index (χ3v) is 3.14. The fourth-order valence-electron chi connectivity index (χ4n) is 2.19. The van der Waals surface area contributed by atoms with Crippen LogP contribution in [0, 0.1) is 0 Å². The van der Waals surface area contributed by atoms with Crippen LogP contribution in [0.4, 0.5) is 11.4 Å². The van der Waals surface area contributed by atoms with Gasteiger partial charge < -0.3 is 0 Å². The number of fused-ring (bicyclic) bond motifs is 3. The van der Waals surface area contributed by atoms with Crippen LogP contribution in [0.15, 0.2) is 84.9 Å². The number of aliphatic imine (C=N–C) groups is 1. The molecule has 0 saturated heterocycles. The molecule has 0 saturated carbocycles. The smallest absolute Gasteiger partial charge is 0.203 e. The van der Waals surface area contributed by atoms with Crippen LogP contribution in [-0.2, 0) is 0 Å². The first-order valence-corrected chi connectivity index (χ1v) is 6.04. The molecule has 0 bridgehead atoms. The average Bonchev–Trinajstić information content (AvgIpc) is 2.78. The van der Waals surface area contributed by atoms with E-state index in [4.69, 9.17) is 0 Å². The fourth-order valence-corrected chi connectivity index (χ4v) is 2.19. The van der Waals surface area contributed by atoms with Crippen molar-refractivity contribution in [2.45, 2.75) is 6.42 Å². The van der Waals surface area contributed by atoms with Crippen LogP contribution in [0.1, 0.15) is 6.42 Å². The molecule has 19 heavy (non-hydrogen) atoms. The summed E-state index contributed by atoms with van der Waals surface area (Å²) in [5.41, 5.74) is 4.15. The first-order valence-electron chi connectivity index (χ1n) is 6.04. The normalized spacial score (nSPS) is 22.5. The molecule has 1 aromatic rings. The molecule has 1 aromatic carbocycles. The number of nitrogens with zero attached hydrogens (tertiary/aromatic N) is 5. The van der Waals surface area contributed by atoms with Gasteiger partial charge in [0.2, 0.25) is 5.84 Å². The van der Waals surface area contributed by atoms with Crippen LogP contribution in [0.5, 0.6) is 0 Å². The molecule has 3 aliphatic rings. The lowest BCUT2D eigenvalue weighted by atomic mass is 10.0. The van der Waals surface area contributed by atoms with E-state index in [2.05, 4.69) is 31.5 Å². The van der Waals surface area contributed by atoms with Crippen molar-refractivity contribution >= 4 is 17.2 Å². The maximum absolute atomic E-state index is 4.44. The summed E-state index contributed by atoms with van der Waals surface area (Å²) in [5, 5.41) is 17.0. The van der Waals surface area contributed by atoms with Crippen LogP contribution in [-0.4, -0.2) is 5.84 Å². The van der Waals surface area contributed by atoms with Gasteiger partial charge in [0.05, 0.1) is 5.70 Å². The highest BCUT2D eigenvalue weighted by Crippen LogP contribution is 2.36. The van der Waals surface area contributed by atoms with Gasteiger partial charge in [-0.3, -0.25) is 0 Å². The molecular formula is C14H9N5. The Labute approximate surface area is 109 Å². The van der Waals surface area contributed by atoms with Crippen molar-refractivity contribution in [3.8, 4) is 0 Å². The number of hydrogen-bond acceptors (Lipinski definition) is 5. The predicted octanol–water partition coefficient (Wildman–Crippen LogP) is 4.38. The number of rotatable bonds is 0. The lowest BCUT2D eigenvalue weighted by molar-refractivity contribution is 1.10. The number of hydrogen-bond donors (Lipinski definition) is 0. The van der Waals surface area contributed by atoms with Gasteiger partial charge in [-0.2, -0.15) is 0 Å². The van der Waals surface area contributed by atoms with E-state index >= 15 is 0 Å². The molecule has 4 rings (SSSR count). The van der Waals surface area contributed by atoms with Crippen LogP contribution in [0.25, 0.3) is 0 Å². The Hall–Kier alpha value is -2.69. The largest absolute Gasteiger partial charge is 0.225 e. The summed E-state index contributed by atoms with van der Waals surface area (Å²) in [5.74, 6) is 0.545. The summed E-state index contributed by atoms with van der Waals surface area (Å²) < 4.78 is 0. The third-order valence-electron chi connectivity index (χ3n) is 3.14. The van der Waals surface area contributed by atoms with Gasteiger partial charge in [0.1, 0.15) is 17.1 Å². The summed E-state index contributed by atoms with van der Waals surface area (Å²) in [6.07, 6.45) is 6.83. The minimum absolute atomic E-state index is 0.545. The van der Waals surface area contributed by atoms with Crippen molar-refractivity contribution in [3.05, 3.63) is 59.5 Å². The number of allylic oxidation sites excluding steroid dienone is 4. The van der Waals surface area contributed by atoms with E-state index < -0.39 is 0 Å². The van der Waals surface area contributed by atoms with Gasteiger partial charge in [0.25, 0.3) is 0 Å². The highest BCUT2D eigenvalue weighted by molar-refractivity contribution is 6.03. The Kier molecular flexibility index (Phi) is 2.11. The van der Waals surface area contributed by atoms with Crippen LogP contribution in [0.3, 0.4) is 0 Å². The van der Waals surface area contributed by atoms with Gasteiger partial charge in [0, 0.05) is 5.57 Å². The molecule has 0 unspecified atom stereocenters. The van der Waals surface area contributed by atoms with Gasteiger partial charge >= 0.3 is 0 Å². The summed E-state index contributed by atoms with van der Waals surface area (Å²) in [7, 11) is 0. The van der Waals surface area contributed by atoms with Crippen LogP contribution >= 0.6 is 0 Å². The molecule has 0 amide bonds. The highest BCUT2D eigenvalue weighted by Gasteiger charge is 2.25. The SMILES string of the molecule is C1=CCC2=C3/N=N\c4ccccc4/N=N\C3=NC2=C1. The van der Waals surface area contributed by atoms with Gasteiger partial charge in [-0.05, 0) is 24.6 Å². The molecule has 0 radical (unpaired) electrons. The fraction of sp³-hybridized carbons (Fsp3) is 0.0714. The lowest BCUT2D eigenvalue weighted by Gasteiger charge is -2.05. The maximum Gasteiger partial charge on any atom is 0.203 e. The molecule has 2 aliphatic heterocycles. The number of benzene rings is 1. The maximum atomic E-state index is 4.44. The molecule has 0 N–H and O–H groups in total. The van der Waals surface area contributed by atoms with E-state index in [1.807, 2.05) is 36.4 Å². The van der Waals surface area contributed by atoms with E-state index in [0.717, 1.165) is 29.1 Å². The van der Waals surface area contributed by atoms with E-state index in [0.29, 0.717) is 11.5 Å². The summed E-state index contributed by atoms with van der Waals surface area (Å²) in [6.45, 7) is 0. The Morgan fingerprint density at radius 2 is 1.68 bits per heavy atom. The Morgan fingerprint density at radius 1 is 0.895 bits per heavy atom. The molecule has 5 nitrogen and oxygen atoms in total. The van der Waals surface area contributed by atoms with Crippen molar-refractivity contribution < 1.29 is 0 Å². The van der Waals surface area contributed by atoms with E-state index in [1.165, 1.54) is 0 Å². The third kappa shape index (κ3) is 1.59. The van der Waals surface area contributed by atoms with Crippen molar-refractivity contribution in [1.82, 2.24) is 0 Å². The average molecular weight is 247 g/mol. The van der Waals surface area contributed by atoms with E-state index in [1.54, 1.807) is 0 Å². The summed E-state index contributed by atoms with van der Waals surface area (Å²) in [6, 6.07) is 7.54. The molecule has 0 fully saturated rings. The van der Waals surface area contributed by atoms with Crippen LogP contribution < -0.4 is 0 Å².